The smallest absolute Gasteiger partial charge is 0.284 e. The van der Waals surface area contributed by atoms with Crippen LogP contribution in [0.1, 0.15) is 36.0 Å². The van der Waals surface area contributed by atoms with Crippen molar-refractivity contribution in [2.24, 2.45) is 5.92 Å². The molecule has 0 aliphatic carbocycles. The molecule has 0 unspecified atom stereocenters. The maximum atomic E-state index is 12.6. The van der Waals surface area contributed by atoms with Crippen LogP contribution in [0.25, 0.3) is 0 Å². The lowest BCUT2D eigenvalue weighted by molar-refractivity contribution is -0.385. The second-order valence-electron chi connectivity index (χ2n) is 6.52. The van der Waals surface area contributed by atoms with Crippen molar-refractivity contribution in [1.82, 2.24) is 9.80 Å². The predicted octanol–water partition coefficient (Wildman–Crippen LogP) is 2.83. The number of halogens is 1. The summed E-state index contributed by atoms with van der Waals surface area (Å²) in [6, 6.07) is 4.41. The summed E-state index contributed by atoms with van der Waals surface area (Å²) in [5, 5.41) is 11.0. The van der Waals surface area contributed by atoms with Crippen LogP contribution in [0.15, 0.2) is 22.7 Å². The number of likely N-dealkylation sites (tertiary alicyclic amines) is 2. The van der Waals surface area contributed by atoms with Crippen LogP contribution < -0.4 is 0 Å². The van der Waals surface area contributed by atoms with Crippen molar-refractivity contribution in [2.45, 2.75) is 25.7 Å². The predicted molar refractivity (Wildman–Crippen MR) is 95.2 cm³/mol. The topological polar surface area (TPSA) is 83.8 Å². The Bertz CT molecular complexity index is 695. The molecule has 0 N–H and O–H groups in total. The first-order chi connectivity index (χ1) is 12.0. The molecule has 3 rings (SSSR count). The van der Waals surface area contributed by atoms with Crippen molar-refractivity contribution in [3.8, 4) is 0 Å². The molecule has 1 aromatic rings. The molecule has 0 aromatic heterocycles. The number of nitrogens with zero attached hydrogens (tertiary/aromatic N) is 3. The quantitative estimate of drug-likeness (QED) is 0.567. The van der Waals surface area contributed by atoms with E-state index in [9.17, 15) is 19.7 Å². The standard InChI is InChI=1S/C17H20BrN3O4/c18-14-4-3-13(11-15(14)21(24)25)17(23)20-9-5-12(6-10-20)16(22)19-7-1-2-8-19/h3-4,11-12H,1-2,5-10H2. The number of nitro groups is 1. The summed E-state index contributed by atoms with van der Waals surface area (Å²) < 4.78 is 0.351. The number of hydrogen-bond acceptors (Lipinski definition) is 4. The molecule has 1 aromatic carbocycles. The molecule has 0 saturated carbocycles. The van der Waals surface area contributed by atoms with Gasteiger partial charge in [0, 0.05) is 43.7 Å². The first-order valence-electron chi connectivity index (χ1n) is 8.49. The molecule has 2 aliphatic rings. The number of piperidine rings is 1. The maximum absolute atomic E-state index is 12.6. The molecule has 25 heavy (non-hydrogen) atoms. The van der Waals surface area contributed by atoms with E-state index < -0.39 is 4.92 Å². The SMILES string of the molecule is O=C(c1ccc(Br)c([N+](=O)[O-])c1)N1CCC(C(=O)N2CCCC2)CC1. The van der Waals surface area contributed by atoms with E-state index in [1.807, 2.05) is 4.90 Å². The van der Waals surface area contributed by atoms with Crippen LogP contribution in [0, 0.1) is 16.0 Å². The molecular formula is C17H20BrN3O4. The van der Waals surface area contributed by atoms with Gasteiger partial charge in [-0.1, -0.05) is 0 Å². The van der Waals surface area contributed by atoms with E-state index in [0.717, 1.165) is 25.9 Å². The number of benzene rings is 1. The Morgan fingerprint density at radius 1 is 1.08 bits per heavy atom. The number of rotatable bonds is 3. The van der Waals surface area contributed by atoms with Gasteiger partial charge in [0.05, 0.1) is 9.40 Å². The molecule has 0 radical (unpaired) electrons. The Morgan fingerprint density at radius 3 is 2.32 bits per heavy atom. The van der Waals surface area contributed by atoms with Crippen molar-refractivity contribution in [1.29, 1.82) is 0 Å². The van der Waals surface area contributed by atoms with Gasteiger partial charge in [-0.15, -0.1) is 0 Å². The molecule has 0 bridgehead atoms. The fourth-order valence-corrected chi connectivity index (χ4v) is 3.88. The fourth-order valence-electron chi connectivity index (χ4n) is 3.49. The van der Waals surface area contributed by atoms with Crippen molar-refractivity contribution in [2.75, 3.05) is 26.2 Å². The van der Waals surface area contributed by atoms with E-state index in [4.69, 9.17) is 0 Å². The van der Waals surface area contributed by atoms with Crippen LogP contribution >= 0.6 is 15.9 Å². The van der Waals surface area contributed by atoms with Crippen LogP contribution in [0.2, 0.25) is 0 Å². The number of nitro benzene ring substituents is 1. The van der Waals surface area contributed by atoms with Crippen LogP contribution in [-0.2, 0) is 4.79 Å². The van der Waals surface area contributed by atoms with Crippen LogP contribution in [0.4, 0.5) is 5.69 Å². The number of carbonyl (C=O) groups excluding carboxylic acids is 2. The van der Waals surface area contributed by atoms with Gasteiger partial charge in [-0.2, -0.15) is 0 Å². The Balaban J connectivity index is 1.62. The summed E-state index contributed by atoms with van der Waals surface area (Å²) in [6.07, 6.45) is 3.45. The van der Waals surface area contributed by atoms with E-state index >= 15 is 0 Å². The second kappa shape index (κ2) is 7.51. The van der Waals surface area contributed by atoms with Gasteiger partial charge in [-0.3, -0.25) is 19.7 Å². The Morgan fingerprint density at radius 2 is 1.72 bits per heavy atom. The zero-order valence-electron chi connectivity index (χ0n) is 13.8. The summed E-state index contributed by atoms with van der Waals surface area (Å²) in [5.41, 5.74) is 0.184. The fraction of sp³-hybridized carbons (Fsp3) is 0.529. The number of carbonyl (C=O) groups is 2. The lowest BCUT2D eigenvalue weighted by Crippen LogP contribution is -2.43. The zero-order valence-corrected chi connectivity index (χ0v) is 15.4. The molecule has 8 heteroatoms. The van der Waals surface area contributed by atoms with Gasteiger partial charge < -0.3 is 9.80 Å². The maximum Gasteiger partial charge on any atom is 0.284 e. The van der Waals surface area contributed by atoms with Gasteiger partial charge in [-0.25, -0.2) is 0 Å². The van der Waals surface area contributed by atoms with Crippen LogP contribution in [-0.4, -0.2) is 52.7 Å². The molecule has 2 amide bonds. The second-order valence-corrected chi connectivity index (χ2v) is 7.38. The zero-order chi connectivity index (χ0) is 18.0. The Kier molecular flexibility index (Phi) is 5.36. The molecule has 134 valence electrons. The molecule has 0 atom stereocenters. The average Bonchev–Trinajstić information content (AvgIpc) is 3.15. The molecule has 2 saturated heterocycles. The normalized spacial score (nSPS) is 18.4. The minimum atomic E-state index is -0.512. The molecule has 0 spiro atoms. The highest BCUT2D eigenvalue weighted by Crippen LogP contribution is 2.28. The first-order valence-corrected chi connectivity index (χ1v) is 9.28. The summed E-state index contributed by atoms with van der Waals surface area (Å²) in [7, 11) is 0. The molecular weight excluding hydrogens is 390 g/mol. The third kappa shape index (κ3) is 3.84. The van der Waals surface area contributed by atoms with Crippen molar-refractivity contribution >= 4 is 33.4 Å². The van der Waals surface area contributed by atoms with Gasteiger partial charge in [0.15, 0.2) is 0 Å². The molecule has 2 fully saturated rings. The third-order valence-corrected chi connectivity index (χ3v) is 5.61. The number of amides is 2. The summed E-state index contributed by atoms with van der Waals surface area (Å²) in [5.74, 6) is -0.0204. The van der Waals surface area contributed by atoms with E-state index in [0.29, 0.717) is 36.0 Å². The van der Waals surface area contributed by atoms with Crippen molar-refractivity contribution < 1.29 is 14.5 Å². The van der Waals surface area contributed by atoms with Crippen molar-refractivity contribution in [3.05, 3.63) is 38.3 Å². The monoisotopic (exact) mass is 409 g/mol. The first kappa shape index (κ1) is 17.8. The van der Waals surface area contributed by atoms with Gasteiger partial charge in [0.25, 0.3) is 11.6 Å². The van der Waals surface area contributed by atoms with E-state index in [1.54, 1.807) is 11.0 Å². The number of hydrogen-bond donors (Lipinski definition) is 0. The van der Waals surface area contributed by atoms with E-state index in [-0.39, 0.29) is 23.4 Å². The lowest BCUT2D eigenvalue weighted by atomic mass is 9.95. The summed E-state index contributed by atoms with van der Waals surface area (Å²) in [4.78, 5) is 39.2. The van der Waals surface area contributed by atoms with Gasteiger partial charge in [-0.05, 0) is 53.7 Å². The van der Waals surface area contributed by atoms with Crippen molar-refractivity contribution in [3.63, 3.8) is 0 Å². The molecule has 7 nitrogen and oxygen atoms in total. The average molecular weight is 410 g/mol. The molecule has 2 heterocycles. The van der Waals surface area contributed by atoms with Gasteiger partial charge in [0.2, 0.25) is 5.91 Å². The minimum absolute atomic E-state index is 0.0126. The lowest BCUT2D eigenvalue weighted by Gasteiger charge is -2.33. The summed E-state index contributed by atoms with van der Waals surface area (Å²) in [6.45, 7) is 2.71. The minimum Gasteiger partial charge on any atom is -0.342 e. The van der Waals surface area contributed by atoms with E-state index in [1.165, 1.54) is 12.1 Å². The Hall–Kier alpha value is -1.96. The van der Waals surface area contributed by atoms with E-state index in [2.05, 4.69) is 15.9 Å². The largest absolute Gasteiger partial charge is 0.342 e. The van der Waals surface area contributed by atoms with Gasteiger partial charge in [0.1, 0.15) is 0 Å². The highest BCUT2D eigenvalue weighted by molar-refractivity contribution is 9.10. The van der Waals surface area contributed by atoms with Crippen LogP contribution in [0.3, 0.4) is 0 Å². The summed E-state index contributed by atoms with van der Waals surface area (Å²) >= 11 is 3.12. The third-order valence-electron chi connectivity index (χ3n) is 4.94. The van der Waals surface area contributed by atoms with Crippen LogP contribution in [0.5, 0.6) is 0 Å². The Labute approximate surface area is 154 Å². The van der Waals surface area contributed by atoms with Gasteiger partial charge >= 0.3 is 0 Å². The highest BCUT2D eigenvalue weighted by Gasteiger charge is 2.31. The highest BCUT2D eigenvalue weighted by atomic mass is 79.9. The molecule has 2 aliphatic heterocycles.